The third-order valence-corrected chi connectivity index (χ3v) is 9.60. The van der Waals surface area contributed by atoms with Gasteiger partial charge in [-0.3, -0.25) is 19.8 Å². The van der Waals surface area contributed by atoms with Gasteiger partial charge >= 0.3 is 0 Å². The first-order valence-electron chi connectivity index (χ1n) is 16.3. The average molecular weight is 740 g/mol. The van der Waals surface area contributed by atoms with Crippen molar-refractivity contribution in [3.8, 4) is 11.1 Å². The number of carbonyl (C=O) groups is 1. The number of ether oxygens (including phenoxy) is 2. The topological polar surface area (TPSA) is 117 Å². The first kappa shape index (κ1) is 36.1. The van der Waals surface area contributed by atoms with Crippen LogP contribution in [0.4, 0.5) is 11.4 Å². The molecule has 0 bridgehead atoms. The van der Waals surface area contributed by atoms with E-state index in [1.54, 1.807) is 24.3 Å². The van der Waals surface area contributed by atoms with E-state index in [0.29, 0.717) is 6.42 Å². The van der Waals surface area contributed by atoms with E-state index in [1.165, 1.54) is 0 Å². The van der Waals surface area contributed by atoms with E-state index in [-0.39, 0.29) is 36.0 Å². The Balaban J connectivity index is 1.15. The largest absolute Gasteiger partial charge is 0.392 e. The molecule has 0 spiro atoms. The Labute approximate surface area is 305 Å². The van der Waals surface area contributed by atoms with Gasteiger partial charge in [-0.2, -0.15) is 0 Å². The Morgan fingerprint density at radius 2 is 1.54 bits per heavy atom. The van der Waals surface area contributed by atoms with Gasteiger partial charge in [-0.05, 0) is 39.9 Å². The fourth-order valence-electron chi connectivity index (χ4n) is 6.35. The number of nitrogens with one attached hydrogen (secondary N) is 1. The second-order valence-electron chi connectivity index (χ2n) is 12.4. The number of nitro benzene ring substituents is 1. The number of benzene rings is 4. The van der Waals surface area contributed by atoms with Crippen molar-refractivity contribution in [3.05, 3.63) is 129 Å². The smallest absolute Gasteiger partial charge is 0.272 e. The average Bonchev–Trinajstić information content (AvgIpc) is 3.14. The molecule has 6 rings (SSSR count). The first-order chi connectivity index (χ1) is 24.1. The monoisotopic (exact) mass is 738 g/mol. The Hall–Kier alpha value is -3.74. The summed E-state index contributed by atoms with van der Waals surface area (Å²) in [7, 11) is 0. The van der Waals surface area contributed by atoms with Crippen LogP contribution >= 0.6 is 34.8 Å². The second kappa shape index (κ2) is 16.1. The molecule has 0 saturated carbocycles. The van der Waals surface area contributed by atoms with Gasteiger partial charge in [-0.1, -0.05) is 108 Å². The molecule has 2 N–H and O–H groups in total. The van der Waals surface area contributed by atoms with Crippen molar-refractivity contribution in [1.82, 2.24) is 10.2 Å². The maximum Gasteiger partial charge on any atom is 0.272 e. The van der Waals surface area contributed by atoms with E-state index in [2.05, 4.69) is 15.1 Å². The summed E-state index contributed by atoms with van der Waals surface area (Å²) in [4.78, 5) is 27.5. The molecule has 2 aliphatic heterocycles. The van der Waals surface area contributed by atoms with Gasteiger partial charge in [-0.15, -0.1) is 0 Å². The number of amides is 1. The van der Waals surface area contributed by atoms with Gasteiger partial charge in [-0.25, -0.2) is 0 Å². The lowest BCUT2D eigenvalue weighted by Gasteiger charge is -2.41. The van der Waals surface area contributed by atoms with Gasteiger partial charge in [0.1, 0.15) is 0 Å². The number of aliphatic hydroxyl groups excluding tert-OH is 1. The molecule has 50 heavy (non-hydrogen) atoms. The number of nitrogens with zero attached hydrogens (tertiary/aromatic N) is 3. The van der Waals surface area contributed by atoms with E-state index in [9.17, 15) is 20.0 Å². The van der Waals surface area contributed by atoms with Gasteiger partial charge < -0.3 is 24.8 Å². The highest BCUT2D eigenvalue weighted by atomic mass is 35.6. The van der Waals surface area contributed by atoms with Crippen molar-refractivity contribution in [2.75, 3.05) is 37.6 Å². The predicted molar refractivity (Wildman–Crippen MR) is 194 cm³/mol. The molecule has 2 fully saturated rings. The Morgan fingerprint density at radius 3 is 2.18 bits per heavy atom. The van der Waals surface area contributed by atoms with Crippen molar-refractivity contribution in [3.63, 3.8) is 0 Å². The van der Waals surface area contributed by atoms with E-state index in [4.69, 9.17) is 44.3 Å². The SMILES string of the molecule is O=C(NCc1ccccc1-c1ccc([C@H]2O[C@@H](CN3CCN(c4ccc([N+](=O)[O-])cc4)CC3)C[C@@H](c3ccc(CO)cc3)O2)cc1)C(Cl)(Cl)Cl. The summed E-state index contributed by atoms with van der Waals surface area (Å²) < 4.78 is 11.1. The minimum Gasteiger partial charge on any atom is -0.392 e. The maximum absolute atomic E-state index is 12.2. The summed E-state index contributed by atoms with van der Waals surface area (Å²) >= 11 is 17.2. The zero-order valence-electron chi connectivity index (χ0n) is 27.1. The third-order valence-electron chi connectivity index (χ3n) is 9.08. The Kier molecular flexibility index (Phi) is 11.6. The van der Waals surface area contributed by atoms with Crippen LogP contribution in [0.15, 0.2) is 97.1 Å². The highest BCUT2D eigenvalue weighted by Crippen LogP contribution is 2.39. The summed E-state index contributed by atoms with van der Waals surface area (Å²) in [5, 5.41) is 23.3. The lowest BCUT2D eigenvalue weighted by molar-refractivity contribution is -0.384. The molecule has 13 heteroatoms. The maximum atomic E-state index is 12.2. The molecule has 0 unspecified atom stereocenters. The van der Waals surface area contributed by atoms with Crippen LogP contribution in [0.3, 0.4) is 0 Å². The number of anilines is 1. The molecular formula is C37H37Cl3N4O6. The van der Waals surface area contributed by atoms with Crippen molar-refractivity contribution >= 4 is 52.1 Å². The Morgan fingerprint density at radius 1 is 0.880 bits per heavy atom. The second-order valence-corrected chi connectivity index (χ2v) is 14.7. The molecule has 0 aliphatic carbocycles. The lowest BCUT2D eigenvalue weighted by Crippen LogP contribution is -2.49. The summed E-state index contributed by atoms with van der Waals surface area (Å²) in [5.41, 5.74) is 6.54. The fourth-order valence-corrected chi connectivity index (χ4v) is 6.55. The Bertz CT molecular complexity index is 1760. The standard InChI is InChI=1S/C37H37Cl3N4O6/c38-37(39,40)36(46)41-22-29-3-1-2-4-33(29)26-9-11-28(12-10-26)35-49-32(21-34(50-35)27-7-5-25(24-45)6-8-27)23-42-17-19-43(20-18-42)30-13-15-31(16-14-30)44(47)48/h1-16,32,34-35,45H,17-24H2,(H,41,46)/t32-,34+,35+/m1/s1. The number of non-ortho nitro benzene ring substituents is 1. The van der Waals surface area contributed by atoms with Gasteiger partial charge in [0.2, 0.25) is 0 Å². The zero-order valence-corrected chi connectivity index (χ0v) is 29.4. The summed E-state index contributed by atoms with van der Waals surface area (Å²) in [6, 6.07) is 30.2. The molecule has 2 saturated heterocycles. The number of hydrogen-bond donors (Lipinski definition) is 2. The van der Waals surface area contributed by atoms with Crippen molar-refractivity contribution in [2.24, 2.45) is 0 Å². The molecule has 0 radical (unpaired) electrons. The fraction of sp³-hybridized carbons (Fsp3) is 0.324. The molecular weight excluding hydrogens is 703 g/mol. The highest BCUT2D eigenvalue weighted by Gasteiger charge is 2.34. The normalized spacial score (nSPS) is 20.0. The van der Waals surface area contributed by atoms with Crippen LogP contribution in [0.2, 0.25) is 0 Å². The quantitative estimate of drug-likeness (QED) is 0.101. The number of hydrogen-bond acceptors (Lipinski definition) is 8. The van der Waals surface area contributed by atoms with Crippen LogP contribution in [-0.4, -0.2) is 63.5 Å². The number of halogens is 3. The molecule has 2 aliphatic rings. The number of nitro groups is 1. The third kappa shape index (κ3) is 8.94. The number of carbonyl (C=O) groups excluding carboxylic acids is 1. The lowest BCUT2D eigenvalue weighted by atomic mass is 9.97. The van der Waals surface area contributed by atoms with Gasteiger partial charge in [0.05, 0.1) is 23.7 Å². The van der Waals surface area contributed by atoms with Crippen LogP contribution in [0.5, 0.6) is 0 Å². The van der Waals surface area contributed by atoms with Gasteiger partial charge in [0.25, 0.3) is 15.4 Å². The minimum absolute atomic E-state index is 0.0270. The molecule has 262 valence electrons. The summed E-state index contributed by atoms with van der Waals surface area (Å²) in [6.45, 7) is 4.15. The molecule has 10 nitrogen and oxygen atoms in total. The molecule has 1 amide bonds. The van der Waals surface area contributed by atoms with E-state index >= 15 is 0 Å². The van der Waals surface area contributed by atoms with Gasteiger partial charge in [0.15, 0.2) is 6.29 Å². The summed E-state index contributed by atoms with van der Waals surface area (Å²) in [6.07, 6.45) is -0.257. The van der Waals surface area contributed by atoms with E-state index in [0.717, 1.165) is 71.8 Å². The molecule has 0 aromatic heterocycles. The molecule has 2 heterocycles. The minimum atomic E-state index is -2.04. The number of rotatable bonds is 10. The van der Waals surface area contributed by atoms with Crippen LogP contribution in [0.25, 0.3) is 11.1 Å². The van der Waals surface area contributed by atoms with Crippen LogP contribution in [0, 0.1) is 10.1 Å². The number of alkyl halides is 3. The van der Waals surface area contributed by atoms with Crippen LogP contribution in [-0.2, 0) is 27.4 Å². The zero-order chi connectivity index (χ0) is 35.3. The van der Waals surface area contributed by atoms with Crippen molar-refractivity contribution < 1.29 is 24.3 Å². The van der Waals surface area contributed by atoms with Crippen LogP contribution in [0.1, 0.15) is 41.1 Å². The predicted octanol–water partition coefficient (Wildman–Crippen LogP) is 7.11. The van der Waals surface area contributed by atoms with E-state index < -0.39 is 16.0 Å². The highest BCUT2D eigenvalue weighted by molar-refractivity contribution is 6.76. The van der Waals surface area contributed by atoms with Crippen molar-refractivity contribution in [2.45, 2.75) is 41.9 Å². The molecule has 4 aromatic rings. The molecule has 4 aromatic carbocycles. The van der Waals surface area contributed by atoms with E-state index in [1.807, 2.05) is 72.8 Å². The van der Waals surface area contributed by atoms with Gasteiger partial charge in [0, 0.05) is 69.1 Å². The first-order valence-corrected chi connectivity index (χ1v) is 17.5. The van der Waals surface area contributed by atoms with Crippen molar-refractivity contribution in [1.29, 1.82) is 0 Å². The van der Waals surface area contributed by atoms with Crippen LogP contribution < -0.4 is 10.2 Å². The number of piperazine rings is 1. The summed E-state index contributed by atoms with van der Waals surface area (Å²) in [5.74, 6) is -0.694. The molecule has 3 atom stereocenters. The number of aliphatic hydroxyl groups is 1.